The number of alkyl halides is 3. The quantitative estimate of drug-likeness (QED) is 0.257. The zero-order chi connectivity index (χ0) is 21.8. The summed E-state index contributed by atoms with van der Waals surface area (Å²) in [6.45, 7) is -0.238. The summed E-state index contributed by atoms with van der Waals surface area (Å²) in [6.07, 6.45) is 1.03. The van der Waals surface area contributed by atoms with Crippen LogP contribution in [0.1, 0.15) is 49.7 Å². The summed E-state index contributed by atoms with van der Waals surface area (Å²) >= 11 is 0. The zero-order valence-corrected chi connectivity index (χ0v) is 17.3. The van der Waals surface area contributed by atoms with Crippen LogP contribution < -0.4 is 10.6 Å². The van der Waals surface area contributed by atoms with Gasteiger partial charge in [-0.2, -0.15) is 13.2 Å². The van der Waals surface area contributed by atoms with Crippen LogP contribution in [0.25, 0.3) is 0 Å². The van der Waals surface area contributed by atoms with Crippen LogP contribution in [-0.2, 0) is 27.4 Å². The van der Waals surface area contributed by atoms with E-state index in [-0.39, 0.29) is 18.7 Å². The third-order valence-corrected chi connectivity index (χ3v) is 4.69. The summed E-state index contributed by atoms with van der Waals surface area (Å²) in [4.78, 5) is 15.9. The van der Waals surface area contributed by atoms with Crippen molar-refractivity contribution < 1.29 is 27.4 Å². The Bertz CT molecular complexity index is 672. The molecule has 0 amide bonds. The van der Waals surface area contributed by atoms with Crippen LogP contribution in [-0.4, -0.2) is 44.4 Å². The Morgan fingerprint density at radius 2 is 1.80 bits per heavy atom. The Balaban J connectivity index is 1.60. The van der Waals surface area contributed by atoms with E-state index in [2.05, 4.69) is 20.4 Å². The molecule has 1 saturated carbocycles. The van der Waals surface area contributed by atoms with Crippen molar-refractivity contribution in [3.05, 3.63) is 35.4 Å². The van der Waals surface area contributed by atoms with Gasteiger partial charge in [0, 0.05) is 26.6 Å². The molecule has 0 heterocycles. The molecule has 1 aromatic carbocycles. The highest BCUT2D eigenvalue weighted by atomic mass is 19.4. The number of esters is 1. The fourth-order valence-electron chi connectivity index (χ4n) is 3.13. The molecule has 2 N–H and O–H groups in total. The maximum atomic E-state index is 12.1. The first-order valence-corrected chi connectivity index (χ1v) is 10.2. The third kappa shape index (κ3) is 9.96. The molecule has 2 rings (SSSR count). The van der Waals surface area contributed by atoms with Gasteiger partial charge in [0.1, 0.15) is 12.7 Å². The lowest BCUT2D eigenvalue weighted by atomic mass is 10.1. The Kier molecular flexibility index (Phi) is 9.93. The number of hydrogen-bond donors (Lipinski definition) is 2. The minimum atomic E-state index is -4.32. The molecule has 0 unspecified atom stereocenters. The molecule has 1 aliphatic rings. The number of guanidine groups is 1. The number of aliphatic imine (C=N–C) groups is 1. The number of carbonyl (C=O) groups is 1. The van der Waals surface area contributed by atoms with Gasteiger partial charge in [0.2, 0.25) is 0 Å². The highest BCUT2D eigenvalue weighted by Gasteiger charge is 2.27. The summed E-state index contributed by atoms with van der Waals surface area (Å²) in [5, 5.41) is 6.30. The van der Waals surface area contributed by atoms with Crippen molar-refractivity contribution in [1.29, 1.82) is 0 Å². The number of nitrogens with zero attached hydrogens (tertiary/aromatic N) is 1. The largest absolute Gasteiger partial charge is 0.462 e. The minimum Gasteiger partial charge on any atom is -0.462 e. The van der Waals surface area contributed by atoms with E-state index in [9.17, 15) is 18.0 Å². The van der Waals surface area contributed by atoms with Crippen LogP contribution in [0, 0.1) is 0 Å². The van der Waals surface area contributed by atoms with E-state index < -0.39 is 12.8 Å². The van der Waals surface area contributed by atoms with Crippen molar-refractivity contribution in [1.82, 2.24) is 10.6 Å². The Hall–Kier alpha value is -2.29. The van der Waals surface area contributed by atoms with E-state index in [0.29, 0.717) is 37.5 Å². The topological polar surface area (TPSA) is 72.0 Å². The number of rotatable bonds is 10. The van der Waals surface area contributed by atoms with E-state index >= 15 is 0 Å². The van der Waals surface area contributed by atoms with E-state index in [1.807, 2.05) is 12.1 Å². The second kappa shape index (κ2) is 12.4. The van der Waals surface area contributed by atoms with Crippen LogP contribution in [0.2, 0.25) is 0 Å². The average Bonchev–Trinajstić information content (AvgIpc) is 3.20. The monoisotopic (exact) mass is 429 g/mol. The molecule has 1 aliphatic carbocycles. The summed E-state index contributed by atoms with van der Waals surface area (Å²) in [5.41, 5.74) is 1.63. The molecule has 6 nitrogen and oxygen atoms in total. The van der Waals surface area contributed by atoms with Crippen LogP contribution in [0.3, 0.4) is 0 Å². The van der Waals surface area contributed by atoms with Gasteiger partial charge in [0.15, 0.2) is 5.96 Å². The molecule has 0 atom stereocenters. The molecule has 0 aliphatic heterocycles. The molecule has 0 saturated heterocycles. The molecule has 1 aromatic rings. The summed E-state index contributed by atoms with van der Waals surface area (Å²) in [6, 6.07) is 7.12. The maximum Gasteiger partial charge on any atom is 0.411 e. The van der Waals surface area contributed by atoms with Crippen LogP contribution in [0.5, 0.6) is 0 Å². The van der Waals surface area contributed by atoms with Crippen molar-refractivity contribution in [2.45, 2.75) is 64.0 Å². The fourth-order valence-corrected chi connectivity index (χ4v) is 3.13. The highest BCUT2D eigenvalue weighted by Crippen LogP contribution is 2.21. The van der Waals surface area contributed by atoms with E-state index in [0.717, 1.165) is 31.2 Å². The van der Waals surface area contributed by atoms with Crippen molar-refractivity contribution in [2.75, 3.05) is 20.2 Å². The van der Waals surface area contributed by atoms with Crippen molar-refractivity contribution in [3.8, 4) is 0 Å². The number of hydrogen-bond acceptors (Lipinski definition) is 4. The van der Waals surface area contributed by atoms with Gasteiger partial charge < -0.3 is 20.1 Å². The van der Waals surface area contributed by atoms with Crippen LogP contribution in [0.4, 0.5) is 13.2 Å². The molecule has 0 aromatic heterocycles. The minimum absolute atomic E-state index is 0.0837. The molecule has 0 bridgehead atoms. The van der Waals surface area contributed by atoms with Crippen molar-refractivity contribution in [2.24, 2.45) is 4.99 Å². The summed E-state index contributed by atoms with van der Waals surface area (Å²) in [7, 11) is 1.66. The second-order valence-electron chi connectivity index (χ2n) is 7.28. The first kappa shape index (κ1) is 24.0. The van der Waals surface area contributed by atoms with Gasteiger partial charge in [-0.25, -0.2) is 0 Å². The fraction of sp³-hybridized carbons (Fsp3) is 0.619. The lowest BCUT2D eigenvalue weighted by Gasteiger charge is -2.13. The van der Waals surface area contributed by atoms with Gasteiger partial charge in [-0.3, -0.25) is 9.79 Å². The van der Waals surface area contributed by atoms with Crippen LogP contribution >= 0.6 is 0 Å². The van der Waals surface area contributed by atoms with Gasteiger partial charge in [0.25, 0.3) is 0 Å². The summed E-state index contributed by atoms with van der Waals surface area (Å²) < 4.78 is 46.3. The zero-order valence-electron chi connectivity index (χ0n) is 17.3. The molecule has 9 heteroatoms. The average molecular weight is 429 g/mol. The number of ether oxygens (including phenoxy) is 2. The standard InChI is InChI=1S/C21H30F3N3O3/c1-25-20(26-12-4-7-19(28)30-18-5-2-3-6-18)27-13-16-8-10-17(11-9-16)14-29-15-21(22,23)24/h8-11,18H,2-7,12-15H2,1H3,(H2,25,26,27). The second-order valence-corrected chi connectivity index (χ2v) is 7.28. The predicted molar refractivity (Wildman–Crippen MR) is 108 cm³/mol. The van der Waals surface area contributed by atoms with Gasteiger partial charge >= 0.3 is 12.1 Å². The molecular formula is C21H30F3N3O3. The summed E-state index contributed by atoms with van der Waals surface area (Å²) in [5.74, 6) is 0.461. The first-order chi connectivity index (χ1) is 14.4. The van der Waals surface area contributed by atoms with Crippen molar-refractivity contribution >= 4 is 11.9 Å². The van der Waals surface area contributed by atoms with Gasteiger partial charge in [-0.05, 0) is 43.2 Å². The smallest absolute Gasteiger partial charge is 0.411 e. The normalized spacial score (nSPS) is 15.3. The molecule has 0 radical (unpaired) electrons. The SMILES string of the molecule is CN=C(NCCCC(=O)OC1CCCC1)NCc1ccc(COCC(F)(F)F)cc1. The number of halogens is 3. The number of carbonyl (C=O) groups excluding carboxylic acids is 1. The third-order valence-electron chi connectivity index (χ3n) is 4.69. The maximum absolute atomic E-state index is 12.1. The molecule has 30 heavy (non-hydrogen) atoms. The Morgan fingerprint density at radius 3 is 2.43 bits per heavy atom. The van der Waals surface area contributed by atoms with Gasteiger partial charge in [0.05, 0.1) is 6.61 Å². The number of nitrogens with one attached hydrogen (secondary N) is 2. The number of benzene rings is 1. The van der Waals surface area contributed by atoms with Gasteiger partial charge in [-0.15, -0.1) is 0 Å². The van der Waals surface area contributed by atoms with E-state index in [1.165, 1.54) is 0 Å². The Labute approximate surface area is 175 Å². The highest BCUT2D eigenvalue weighted by molar-refractivity contribution is 5.79. The molecular weight excluding hydrogens is 399 g/mol. The molecule has 1 fully saturated rings. The lowest BCUT2D eigenvalue weighted by Crippen LogP contribution is -2.37. The van der Waals surface area contributed by atoms with Gasteiger partial charge in [-0.1, -0.05) is 24.3 Å². The van der Waals surface area contributed by atoms with E-state index in [4.69, 9.17) is 4.74 Å². The predicted octanol–water partition coefficient (Wildman–Crippen LogP) is 3.70. The molecule has 0 spiro atoms. The van der Waals surface area contributed by atoms with E-state index in [1.54, 1.807) is 19.2 Å². The lowest BCUT2D eigenvalue weighted by molar-refractivity contribution is -0.176. The first-order valence-electron chi connectivity index (χ1n) is 10.2. The Morgan fingerprint density at radius 1 is 1.13 bits per heavy atom. The molecule has 168 valence electrons. The van der Waals surface area contributed by atoms with Crippen molar-refractivity contribution in [3.63, 3.8) is 0 Å². The van der Waals surface area contributed by atoms with Crippen LogP contribution in [0.15, 0.2) is 29.3 Å².